The van der Waals surface area contributed by atoms with Crippen LogP contribution in [0.5, 0.6) is 0 Å². The molecule has 1 rings (SSSR count). The number of ether oxygens (including phenoxy) is 2. The van der Waals surface area contributed by atoms with E-state index in [0.29, 0.717) is 32.8 Å². The largest absolute Gasteiger partial charge is 0.382 e. The molecule has 23 heavy (non-hydrogen) atoms. The highest BCUT2D eigenvalue weighted by Gasteiger charge is 2.15. The number of hydrogen-bond acceptors (Lipinski definition) is 4. The highest BCUT2D eigenvalue weighted by Crippen LogP contribution is 2.17. The van der Waals surface area contributed by atoms with Gasteiger partial charge in [-0.05, 0) is 33.0 Å². The third-order valence-electron chi connectivity index (χ3n) is 3.70. The van der Waals surface area contributed by atoms with Gasteiger partial charge in [-0.15, -0.1) is 0 Å². The Bertz CT molecular complexity index is 446. The van der Waals surface area contributed by atoms with E-state index in [-0.39, 0.29) is 11.9 Å². The molecule has 1 aromatic rings. The minimum absolute atomic E-state index is 0.0688. The van der Waals surface area contributed by atoms with Crippen molar-refractivity contribution >= 4 is 5.91 Å². The molecule has 1 unspecified atom stereocenters. The number of methoxy groups -OCH3 is 1. The molecule has 0 fully saturated rings. The van der Waals surface area contributed by atoms with Gasteiger partial charge in [-0.25, -0.2) is 0 Å². The number of rotatable bonds is 11. The molecule has 1 aromatic carbocycles. The molecule has 1 N–H and O–H groups in total. The third kappa shape index (κ3) is 8.11. The van der Waals surface area contributed by atoms with Gasteiger partial charge in [-0.1, -0.05) is 29.8 Å². The lowest BCUT2D eigenvalue weighted by Crippen LogP contribution is -2.34. The first-order chi connectivity index (χ1) is 11.0. The Morgan fingerprint density at radius 2 is 1.87 bits per heavy atom. The summed E-state index contributed by atoms with van der Waals surface area (Å²) in [6, 6.07) is 8.62. The normalized spacial score (nSPS) is 12.4. The van der Waals surface area contributed by atoms with E-state index in [2.05, 4.69) is 41.4 Å². The SMILES string of the molecule is COCCOCCCC(=O)NCC(c1ccc(C)cc1)N(C)C. The van der Waals surface area contributed by atoms with Crippen LogP contribution in [-0.4, -0.2) is 58.4 Å². The van der Waals surface area contributed by atoms with E-state index in [1.165, 1.54) is 11.1 Å². The smallest absolute Gasteiger partial charge is 0.220 e. The Kier molecular flexibility index (Phi) is 9.52. The average Bonchev–Trinajstić information content (AvgIpc) is 2.52. The highest BCUT2D eigenvalue weighted by atomic mass is 16.5. The Labute approximate surface area is 140 Å². The monoisotopic (exact) mass is 322 g/mol. The summed E-state index contributed by atoms with van der Waals surface area (Å²) in [6.45, 7) is 4.44. The molecule has 0 bridgehead atoms. The third-order valence-corrected chi connectivity index (χ3v) is 3.70. The molecule has 130 valence electrons. The molecule has 5 heteroatoms. The van der Waals surface area contributed by atoms with Crippen LogP contribution in [0.2, 0.25) is 0 Å². The van der Waals surface area contributed by atoms with Crippen LogP contribution in [0.25, 0.3) is 0 Å². The van der Waals surface area contributed by atoms with Crippen molar-refractivity contribution in [2.45, 2.75) is 25.8 Å². The maximum absolute atomic E-state index is 11.9. The molecule has 1 atom stereocenters. The molecule has 0 aromatic heterocycles. The van der Waals surface area contributed by atoms with Crippen molar-refractivity contribution in [3.05, 3.63) is 35.4 Å². The molecule has 0 aliphatic rings. The molecule has 0 spiro atoms. The summed E-state index contributed by atoms with van der Waals surface area (Å²) in [5.41, 5.74) is 2.45. The van der Waals surface area contributed by atoms with Crippen molar-refractivity contribution in [1.29, 1.82) is 0 Å². The predicted octanol–water partition coefficient (Wildman–Crippen LogP) is 2.16. The van der Waals surface area contributed by atoms with E-state index in [1.54, 1.807) is 7.11 Å². The fourth-order valence-corrected chi connectivity index (χ4v) is 2.27. The maximum Gasteiger partial charge on any atom is 0.220 e. The van der Waals surface area contributed by atoms with Crippen molar-refractivity contribution in [1.82, 2.24) is 10.2 Å². The summed E-state index contributed by atoms with van der Waals surface area (Å²) in [4.78, 5) is 14.1. The van der Waals surface area contributed by atoms with Gasteiger partial charge in [0.25, 0.3) is 0 Å². The first kappa shape index (κ1) is 19.6. The van der Waals surface area contributed by atoms with Gasteiger partial charge in [0.2, 0.25) is 5.91 Å². The van der Waals surface area contributed by atoms with E-state index in [4.69, 9.17) is 9.47 Å². The number of nitrogens with zero attached hydrogens (tertiary/aromatic N) is 1. The standard InChI is InChI=1S/C18H30N2O3/c1-15-7-9-16(10-8-15)17(20(2)3)14-19-18(21)6-5-11-23-13-12-22-4/h7-10,17H,5-6,11-14H2,1-4H3,(H,19,21). The number of amides is 1. The zero-order valence-corrected chi connectivity index (χ0v) is 14.8. The van der Waals surface area contributed by atoms with E-state index >= 15 is 0 Å². The molecular weight excluding hydrogens is 292 g/mol. The van der Waals surface area contributed by atoms with Crippen LogP contribution in [0, 0.1) is 6.92 Å². The molecule has 1 amide bonds. The van der Waals surface area contributed by atoms with Gasteiger partial charge in [0, 0.05) is 26.7 Å². The Balaban J connectivity index is 2.32. The maximum atomic E-state index is 11.9. The van der Waals surface area contributed by atoms with Gasteiger partial charge in [-0.2, -0.15) is 0 Å². The first-order valence-corrected chi connectivity index (χ1v) is 8.11. The predicted molar refractivity (Wildman–Crippen MR) is 92.5 cm³/mol. The Morgan fingerprint density at radius 1 is 1.17 bits per heavy atom. The summed E-state index contributed by atoms with van der Waals surface area (Å²) in [5.74, 6) is 0.0688. The zero-order valence-electron chi connectivity index (χ0n) is 14.8. The van der Waals surface area contributed by atoms with Crippen molar-refractivity contribution in [2.24, 2.45) is 0 Å². The summed E-state index contributed by atoms with van der Waals surface area (Å²) >= 11 is 0. The Morgan fingerprint density at radius 3 is 2.48 bits per heavy atom. The van der Waals surface area contributed by atoms with Crippen molar-refractivity contribution in [3.63, 3.8) is 0 Å². The average molecular weight is 322 g/mol. The van der Waals surface area contributed by atoms with E-state index < -0.39 is 0 Å². The number of carbonyl (C=O) groups is 1. The zero-order chi connectivity index (χ0) is 17.1. The van der Waals surface area contributed by atoms with Crippen LogP contribution in [-0.2, 0) is 14.3 Å². The topological polar surface area (TPSA) is 50.8 Å². The summed E-state index contributed by atoms with van der Waals surface area (Å²) in [7, 11) is 5.70. The van der Waals surface area contributed by atoms with E-state index in [9.17, 15) is 4.79 Å². The number of nitrogens with one attached hydrogen (secondary N) is 1. The fraction of sp³-hybridized carbons (Fsp3) is 0.611. The minimum atomic E-state index is 0.0688. The molecule has 0 aliphatic carbocycles. The lowest BCUT2D eigenvalue weighted by atomic mass is 10.0. The summed E-state index contributed by atoms with van der Waals surface area (Å²) in [6.07, 6.45) is 1.22. The number of carbonyl (C=O) groups excluding carboxylic acids is 1. The quantitative estimate of drug-likeness (QED) is 0.634. The highest BCUT2D eigenvalue weighted by molar-refractivity contribution is 5.75. The second-order valence-electron chi connectivity index (χ2n) is 5.90. The fourth-order valence-electron chi connectivity index (χ4n) is 2.27. The molecule has 0 saturated carbocycles. The minimum Gasteiger partial charge on any atom is -0.382 e. The van der Waals surface area contributed by atoms with Crippen LogP contribution in [0.4, 0.5) is 0 Å². The van der Waals surface area contributed by atoms with Crippen molar-refractivity contribution in [2.75, 3.05) is 47.6 Å². The van der Waals surface area contributed by atoms with Crippen molar-refractivity contribution < 1.29 is 14.3 Å². The van der Waals surface area contributed by atoms with Crippen molar-refractivity contribution in [3.8, 4) is 0 Å². The van der Waals surface area contributed by atoms with Crippen LogP contribution in [0.1, 0.15) is 30.0 Å². The van der Waals surface area contributed by atoms with Gasteiger partial charge in [0.05, 0.1) is 19.3 Å². The van der Waals surface area contributed by atoms with Gasteiger partial charge < -0.3 is 19.7 Å². The number of aryl methyl sites for hydroxylation is 1. The van der Waals surface area contributed by atoms with Gasteiger partial charge in [-0.3, -0.25) is 4.79 Å². The number of benzene rings is 1. The molecular formula is C18H30N2O3. The molecule has 0 aliphatic heterocycles. The molecule has 0 heterocycles. The number of likely N-dealkylation sites (N-methyl/N-ethyl adjacent to an activating group) is 1. The molecule has 0 saturated heterocycles. The summed E-state index contributed by atoms with van der Waals surface area (Å²) < 4.78 is 10.3. The summed E-state index contributed by atoms with van der Waals surface area (Å²) in [5, 5.41) is 3.02. The van der Waals surface area contributed by atoms with E-state index in [0.717, 1.165) is 6.42 Å². The second-order valence-corrected chi connectivity index (χ2v) is 5.90. The molecule has 0 radical (unpaired) electrons. The molecule has 5 nitrogen and oxygen atoms in total. The second kappa shape index (κ2) is 11.2. The lowest BCUT2D eigenvalue weighted by molar-refractivity contribution is -0.121. The van der Waals surface area contributed by atoms with Crippen LogP contribution in [0.15, 0.2) is 24.3 Å². The Hall–Kier alpha value is -1.43. The van der Waals surface area contributed by atoms with Crippen LogP contribution in [0.3, 0.4) is 0 Å². The van der Waals surface area contributed by atoms with Crippen LogP contribution < -0.4 is 5.32 Å². The van der Waals surface area contributed by atoms with Gasteiger partial charge >= 0.3 is 0 Å². The van der Waals surface area contributed by atoms with Gasteiger partial charge in [0.15, 0.2) is 0 Å². The first-order valence-electron chi connectivity index (χ1n) is 8.11. The number of hydrogen-bond donors (Lipinski definition) is 1. The van der Waals surface area contributed by atoms with Crippen LogP contribution >= 0.6 is 0 Å². The lowest BCUT2D eigenvalue weighted by Gasteiger charge is -2.25. The van der Waals surface area contributed by atoms with Gasteiger partial charge in [0.1, 0.15) is 0 Å². The van der Waals surface area contributed by atoms with E-state index in [1.807, 2.05) is 14.1 Å².